The van der Waals surface area contributed by atoms with Crippen molar-refractivity contribution in [1.82, 2.24) is 15.5 Å². The van der Waals surface area contributed by atoms with Gasteiger partial charge in [-0.15, -0.1) is 0 Å². The lowest BCUT2D eigenvalue weighted by molar-refractivity contribution is 0.460. The monoisotopic (exact) mass is 231 g/mol. The van der Waals surface area contributed by atoms with E-state index in [2.05, 4.69) is 28.5 Å². The summed E-state index contributed by atoms with van der Waals surface area (Å²) in [6.45, 7) is 4.03. The second kappa shape index (κ2) is 5.10. The topological polar surface area (TPSA) is 51.0 Å². The van der Waals surface area contributed by atoms with Crippen molar-refractivity contribution in [3.63, 3.8) is 0 Å². The lowest BCUT2D eigenvalue weighted by Crippen LogP contribution is -2.20. The van der Waals surface area contributed by atoms with E-state index in [0.29, 0.717) is 0 Å². The van der Waals surface area contributed by atoms with Gasteiger partial charge in [-0.1, -0.05) is 6.92 Å². The van der Waals surface area contributed by atoms with Crippen molar-refractivity contribution in [2.45, 2.75) is 26.3 Å². The van der Waals surface area contributed by atoms with Gasteiger partial charge in [0.1, 0.15) is 5.76 Å². The highest BCUT2D eigenvalue weighted by atomic mass is 16.3. The Kier molecular flexibility index (Phi) is 3.54. The summed E-state index contributed by atoms with van der Waals surface area (Å²) in [5.41, 5.74) is 3.06. The molecule has 0 saturated heterocycles. The molecule has 0 spiro atoms. The standard InChI is InChI=1S/C13H17N3O/c1-4-11-10(8-9(2)15-16-11)13(14-3)12-6-5-7-17-12/h5-8,13-14H,4H2,1-3H3. The number of aryl methyl sites for hydroxylation is 2. The number of nitrogens with one attached hydrogen (secondary N) is 1. The van der Waals surface area contributed by atoms with Gasteiger partial charge in [0.15, 0.2) is 0 Å². The molecule has 2 aromatic rings. The van der Waals surface area contributed by atoms with Gasteiger partial charge in [-0.3, -0.25) is 0 Å². The fraction of sp³-hybridized carbons (Fsp3) is 0.385. The lowest BCUT2D eigenvalue weighted by atomic mass is 10.0. The number of nitrogens with zero attached hydrogens (tertiary/aromatic N) is 2. The third kappa shape index (κ3) is 2.36. The Labute approximate surface area is 101 Å². The summed E-state index contributed by atoms with van der Waals surface area (Å²) in [6.07, 6.45) is 2.55. The number of rotatable bonds is 4. The third-order valence-electron chi connectivity index (χ3n) is 2.79. The van der Waals surface area contributed by atoms with Crippen LogP contribution in [0.15, 0.2) is 28.9 Å². The molecule has 0 saturated carbocycles. The van der Waals surface area contributed by atoms with E-state index in [1.54, 1.807) is 6.26 Å². The summed E-state index contributed by atoms with van der Waals surface area (Å²) < 4.78 is 5.47. The molecule has 17 heavy (non-hydrogen) atoms. The summed E-state index contributed by atoms with van der Waals surface area (Å²) in [6, 6.07) is 5.97. The first-order valence-electron chi connectivity index (χ1n) is 5.80. The largest absolute Gasteiger partial charge is 0.467 e. The van der Waals surface area contributed by atoms with Crippen LogP contribution in [0.4, 0.5) is 0 Å². The minimum absolute atomic E-state index is 0.0362. The zero-order valence-electron chi connectivity index (χ0n) is 10.4. The fourth-order valence-electron chi connectivity index (χ4n) is 1.97. The van der Waals surface area contributed by atoms with Crippen LogP contribution >= 0.6 is 0 Å². The van der Waals surface area contributed by atoms with E-state index >= 15 is 0 Å². The highest BCUT2D eigenvalue weighted by molar-refractivity contribution is 5.30. The van der Waals surface area contributed by atoms with Gasteiger partial charge in [0.05, 0.1) is 23.7 Å². The minimum Gasteiger partial charge on any atom is -0.467 e. The average molecular weight is 231 g/mol. The summed E-state index contributed by atoms with van der Waals surface area (Å²) in [7, 11) is 1.92. The van der Waals surface area contributed by atoms with Gasteiger partial charge in [-0.2, -0.15) is 10.2 Å². The van der Waals surface area contributed by atoms with Crippen molar-refractivity contribution in [3.05, 3.63) is 47.2 Å². The van der Waals surface area contributed by atoms with E-state index in [-0.39, 0.29) is 6.04 Å². The van der Waals surface area contributed by atoms with Gasteiger partial charge in [0.2, 0.25) is 0 Å². The van der Waals surface area contributed by atoms with Gasteiger partial charge >= 0.3 is 0 Å². The Hall–Kier alpha value is -1.68. The van der Waals surface area contributed by atoms with Gasteiger partial charge < -0.3 is 9.73 Å². The van der Waals surface area contributed by atoms with Crippen LogP contribution in [0.5, 0.6) is 0 Å². The van der Waals surface area contributed by atoms with Gasteiger partial charge in [0, 0.05) is 5.56 Å². The first-order valence-corrected chi connectivity index (χ1v) is 5.80. The molecule has 0 fully saturated rings. The van der Waals surface area contributed by atoms with E-state index in [0.717, 1.165) is 29.1 Å². The van der Waals surface area contributed by atoms with Crippen molar-refractivity contribution in [3.8, 4) is 0 Å². The molecule has 90 valence electrons. The smallest absolute Gasteiger partial charge is 0.125 e. The average Bonchev–Trinajstić information content (AvgIpc) is 2.84. The van der Waals surface area contributed by atoms with Gasteiger partial charge in [0.25, 0.3) is 0 Å². The molecule has 4 nitrogen and oxygen atoms in total. The first-order chi connectivity index (χ1) is 8.26. The van der Waals surface area contributed by atoms with Crippen LogP contribution in [-0.2, 0) is 6.42 Å². The van der Waals surface area contributed by atoms with Crippen LogP contribution in [0.3, 0.4) is 0 Å². The molecule has 0 aliphatic heterocycles. The van der Waals surface area contributed by atoms with Crippen LogP contribution in [0, 0.1) is 6.92 Å². The predicted molar refractivity (Wildman–Crippen MR) is 65.8 cm³/mol. The molecule has 1 atom stereocenters. The molecule has 0 aliphatic carbocycles. The van der Waals surface area contributed by atoms with E-state index < -0.39 is 0 Å². The molecule has 0 aliphatic rings. The second-order valence-electron chi connectivity index (χ2n) is 3.98. The quantitative estimate of drug-likeness (QED) is 0.876. The Morgan fingerprint density at radius 2 is 2.24 bits per heavy atom. The Balaban J connectivity index is 2.46. The van der Waals surface area contributed by atoms with Crippen molar-refractivity contribution < 1.29 is 4.42 Å². The molecular weight excluding hydrogens is 214 g/mol. The SMILES string of the molecule is CCc1nnc(C)cc1C(NC)c1ccco1. The molecule has 0 bridgehead atoms. The maximum absolute atomic E-state index is 5.47. The molecule has 2 aromatic heterocycles. The summed E-state index contributed by atoms with van der Waals surface area (Å²) in [5, 5.41) is 11.6. The number of aromatic nitrogens is 2. The third-order valence-corrected chi connectivity index (χ3v) is 2.79. The molecular formula is C13H17N3O. The predicted octanol–water partition coefficient (Wildman–Crippen LogP) is 2.25. The van der Waals surface area contributed by atoms with E-state index in [9.17, 15) is 0 Å². The number of furan rings is 1. The van der Waals surface area contributed by atoms with Gasteiger partial charge in [-0.25, -0.2) is 0 Å². The van der Waals surface area contributed by atoms with E-state index in [1.165, 1.54) is 0 Å². The molecule has 2 heterocycles. The summed E-state index contributed by atoms with van der Waals surface area (Å²) in [5.74, 6) is 0.898. The molecule has 1 N–H and O–H groups in total. The number of hydrogen-bond acceptors (Lipinski definition) is 4. The Morgan fingerprint density at radius 1 is 1.41 bits per heavy atom. The molecule has 4 heteroatoms. The molecule has 0 aromatic carbocycles. The van der Waals surface area contributed by atoms with Crippen molar-refractivity contribution in [2.75, 3.05) is 7.05 Å². The highest BCUT2D eigenvalue weighted by Crippen LogP contribution is 2.24. The highest BCUT2D eigenvalue weighted by Gasteiger charge is 2.19. The van der Waals surface area contributed by atoms with Crippen LogP contribution in [0.25, 0.3) is 0 Å². The Bertz CT molecular complexity index is 479. The minimum atomic E-state index is 0.0362. The zero-order valence-corrected chi connectivity index (χ0v) is 10.4. The fourth-order valence-corrected chi connectivity index (χ4v) is 1.97. The van der Waals surface area contributed by atoms with Crippen LogP contribution in [0.1, 0.15) is 35.7 Å². The van der Waals surface area contributed by atoms with Crippen LogP contribution < -0.4 is 5.32 Å². The van der Waals surface area contributed by atoms with Crippen molar-refractivity contribution in [1.29, 1.82) is 0 Å². The van der Waals surface area contributed by atoms with Crippen LogP contribution in [-0.4, -0.2) is 17.2 Å². The maximum atomic E-state index is 5.47. The summed E-state index contributed by atoms with van der Waals surface area (Å²) in [4.78, 5) is 0. The Morgan fingerprint density at radius 3 is 2.82 bits per heavy atom. The van der Waals surface area contributed by atoms with Crippen molar-refractivity contribution >= 4 is 0 Å². The van der Waals surface area contributed by atoms with E-state index in [4.69, 9.17) is 4.42 Å². The van der Waals surface area contributed by atoms with Crippen LogP contribution in [0.2, 0.25) is 0 Å². The zero-order chi connectivity index (χ0) is 12.3. The molecule has 0 amide bonds. The molecule has 1 unspecified atom stereocenters. The number of hydrogen-bond donors (Lipinski definition) is 1. The normalized spacial score (nSPS) is 12.6. The molecule has 2 rings (SSSR count). The summed E-state index contributed by atoms with van der Waals surface area (Å²) >= 11 is 0. The first kappa shape index (κ1) is 11.8. The maximum Gasteiger partial charge on any atom is 0.125 e. The van der Waals surface area contributed by atoms with Crippen molar-refractivity contribution in [2.24, 2.45) is 0 Å². The second-order valence-corrected chi connectivity index (χ2v) is 3.98. The van der Waals surface area contributed by atoms with Gasteiger partial charge in [-0.05, 0) is 38.6 Å². The molecule has 0 radical (unpaired) electrons. The lowest BCUT2D eigenvalue weighted by Gasteiger charge is -2.16. The van der Waals surface area contributed by atoms with E-state index in [1.807, 2.05) is 26.1 Å².